The minimum absolute atomic E-state index is 0.162. The van der Waals surface area contributed by atoms with Gasteiger partial charge in [-0.15, -0.1) is 0 Å². The van der Waals surface area contributed by atoms with E-state index in [9.17, 15) is 85.2 Å². The second kappa shape index (κ2) is 9.07. The number of aryl methyl sites for hydroxylation is 1. The van der Waals surface area contributed by atoms with E-state index >= 15 is 0 Å². The van der Waals surface area contributed by atoms with Crippen LogP contribution in [0.5, 0.6) is 0 Å². The number of amides is 1. The van der Waals surface area contributed by atoms with Crippen molar-refractivity contribution < 1.29 is 80.0 Å². The highest BCUT2D eigenvalue weighted by Crippen LogP contribution is 2.62. The number of non-ortho nitro benzene ring substituents is 1. The van der Waals surface area contributed by atoms with E-state index in [1.807, 2.05) is 0 Å². The lowest BCUT2D eigenvalue weighted by molar-refractivity contribution is -0.443. The molecule has 5 nitrogen and oxygen atoms in total. The first-order valence-corrected chi connectivity index (χ1v) is 8.65. The summed E-state index contributed by atoms with van der Waals surface area (Å²) in [4.78, 5) is 20.9. The van der Waals surface area contributed by atoms with E-state index in [1.165, 1.54) is 0 Å². The summed E-state index contributed by atoms with van der Waals surface area (Å²) in [5.74, 6) is -60.6. The molecule has 21 heteroatoms. The molecule has 1 N–H and O–H groups in total. The van der Waals surface area contributed by atoms with Gasteiger partial charge in [-0.3, -0.25) is 14.9 Å². The van der Waals surface area contributed by atoms with Crippen molar-refractivity contribution in [2.45, 2.75) is 54.8 Å². The highest BCUT2D eigenvalue weighted by molar-refractivity contribution is 5.97. The van der Waals surface area contributed by atoms with Crippen LogP contribution in [-0.4, -0.2) is 58.7 Å². The van der Waals surface area contributed by atoms with Crippen molar-refractivity contribution in [1.29, 1.82) is 0 Å². The van der Waals surface area contributed by atoms with Gasteiger partial charge in [0, 0.05) is 12.1 Å². The number of nitrogens with zero attached hydrogens (tertiary/aromatic N) is 1. The molecular formula is C16H8F16N2O3. The van der Waals surface area contributed by atoms with Crippen molar-refractivity contribution in [1.82, 2.24) is 0 Å². The molecule has 0 aromatic heterocycles. The van der Waals surface area contributed by atoms with Crippen LogP contribution in [0.2, 0.25) is 0 Å². The van der Waals surface area contributed by atoms with Crippen molar-refractivity contribution in [2.24, 2.45) is 0 Å². The second-order valence-corrected chi connectivity index (χ2v) is 7.08. The van der Waals surface area contributed by atoms with Gasteiger partial charge in [0.15, 0.2) is 0 Å². The quantitative estimate of drug-likeness (QED) is 0.194. The average molecular weight is 580 g/mol. The van der Waals surface area contributed by atoms with Gasteiger partial charge in [-0.1, -0.05) is 6.07 Å². The number of benzene rings is 1. The maximum absolute atomic E-state index is 13.9. The minimum atomic E-state index is -8.64. The van der Waals surface area contributed by atoms with Crippen LogP contribution in [0.15, 0.2) is 18.2 Å². The predicted octanol–water partition coefficient (Wildman–Crippen LogP) is 6.55. The van der Waals surface area contributed by atoms with Gasteiger partial charge in [-0.25, -0.2) is 8.78 Å². The molecule has 0 atom stereocenters. The summed E-state index contributed by atoms with van der Waals surface area (Å²) in [6, 6.07) is 1.47. The van der Waals surface area contributed by atoms with Crippen molar-refractivity contribution in [3.8, 4) is 0 Å². The summed E-state index contributed by atoms with van der Waals surface area (Å²) in [7, 11) is 0. The van der Waals surface area contributed by atoms with Gasteiger partial charge in [-0.05, 0) is 12.5 Å². The number of nitro groups is 1. The number of hydrogen-bond acceptors (Lipinski definition) is 3. The number of alkyl halides is 16. The number of hydrogen-bond donors (Lipinski definition) is 1. The molecule has 0 aliphatic carbocycles. The van der Waals surface area contributed by atoms with E-state index in [2.05, 4.69) is 0 Å². The van der Waals surface area contributed by atoms with Gasteiger partial charge in [0.2, 0.25) is 0 Å². The molecule has 1 rings (SSSR count). The summed E-state index contributed by atoms with van der Waals surface area (Å²) in [5.41, 5.74) is -2.75. The maximum Gasteiger partial charge on any atom is 0.393 e. The zero-order valence-electron chi connectivity index (χ0n) is 17.0. The number of nitro benzene ring substituents is 1. The number of carbonyl (C=O) groups is 1. The Hall–Kier alpha value is -3.03. The Labute approximate surface area is 192 Å². The summed E-state index contributed by atoms with van der Waals surface area (Å²) in [5, 5.41) is 11.3. The lowest BCUT2D eigenvalue weighted by Gasteiger charge is -2.42. The van der Waals surface area contributed by atoms with Crippen LogP contribution in [0.25, 0.3) is 0 Å². The van der Waals surface area contributed by atoms with Gasteiger partial charge in [0.1, 0.15) is 0 Å². The van der Waals surface area contributed by atoms with Crippen LogP contribution >= 0.6 is 0 Å². The summed E-state index contributed by atoms with van der Waals surface area (Å²) in [6.07, 6.45) is -5.97. The zero-order chi connectivity index (χ0) is 29.8. The molecule has 1 aromatic carbocycles. The van der Waals surface area contributed by atoms with Crippen molar-refractivity contribution >= 4 is 17.3 Å². The van der Waals surface area contributed by atoms with E-state index in [-0.39, 0.29) is 6.07 Å². The van der Waals surface area contributed by atoms with Gasteiger partial charge in [0.05, 0.1) is 10.6 Å². The fraction of sp³-hybridized carbons (Fsp3) is 0.562. The number of carbonyl (C=O) groups excluding carboxylic acids is 1. The summed E-state index contributed by atoms with van der Waals surface area (Å²) < 4.78 is 213. The monoisotopic (exact) mass is 580 g/mol. The minimum Gasteiger partial charge on any atom is -0.320 e. The van der Waals surface area contributed by atoms with Crippen LogP contribution in [0.1, 0.15) is 5.56 Å². The van der Waals surface area contributed by atoms with E-state index in [4.69, 9.17) is 0 Å². The van der Waals surface area contributed by atoms with Crippen molar-refractivity contribution in [2.75, 3.05) is 5.32 Å². The molecule has 0 heterocycles. The third kappa shape index (κ3) is 4.48. The molecule has 0 spiro atoms. The molecule has 37 heavy (non-hydrogen) atoms. The molecule has 0 aliphatic heterocycles. The fourth-order valence-electron chi connectivity index (χ4n) is 2.34. The van der Waals surface area contributed by atoms with Crippen LogP contribution < -0.4 is 5.32 Å². The Kier molecular flexibility index (Phi) is 7.84. The first-order valence-electron chi connectivity index (χ1n) is 8.65. The standard InChI is InChI=1S/C16H8F16N2O3/c1-5-2-3-6(34(36)37)4-7(5)33-9(35)11(21,22)13(25,26)15(29,30)16(31,32)14(27,28)12(23,24)10(19,20)8(17)18/h2-4,8H,1H3,(H,33,35). The van der Waals surface area contributed by atoms with Gasteiger partial charge in [0.25, 0.3) is 5.69 Å². The molecule has 0 saturated heterocycles. The first-order chi connectivity index (χ1) is 16.2. The van der Waals surface area contributed by atoms with E-state index < -0.39 is 75.7 Å². The number of halogens is 16. The Balaban J connectivity index is 3.59. The molecule has 1 amide bonds. The largest absolute Gasteiger partial charge is 0.393 e. The second-order valence-electron chi connectivity index (χ2n) is 7.08. The lowest BCUT2D eigenvalue weighted by Crippen LogP contribution is -2.74. The Morgan fingerprint density at radius 1 is 0.784 bits per heavy atom. The van der Waals surface area contributed by atoms with Crippen LogP contribution in [0, 0.1) is 17.0 Å². The molecule has 0 radical (unpaired) electrons. The predicted molar refractivity (Wildman–Crippen MR) is 87.1 cm³/mol. The Morgan fingerprint density at radius 2 is 1.19 bits per heavy atom. The van der Waals surface area contributed by atoms with Gasteiger partial charge in [-0.2, -0.15) is 61.5 Å². The molecule has 0 saturated carbocycles. The maximum atomic E-state index is 13.9. The van der Waals surface area contributed by atoms with E-state index in [0.29, 0.717) is 17.4 Å². The lowest BCUT2D eigenvalue weighted by atomic mass is 9.89. The van der Waals surface area contributed by atoms with E-state index in [0.717, 1.165) is 6.92 Å². The summed E-state index contributed by atoms with van der Waals surface area (Å²) >= 11 is 0. The number of rotatable bonds is 10. The highest BCUT2D eigenvalue weighted by atomic mass is 19.4. The first kappa shape index (κ1) is 32.0. The molecule has 0 aliphatic rings. The average Bonchev–Trinajstić information content (AvgIpc) is 2.73. The Morgan fingerprint density at radius 3 is 1.59 bits per heavy atom. The van der Waals surface area contributed by atoms with Gasteiger partial charge >= 0.3 is 53.8 Å². The fourth-order valence-corrected chi connectivity index (χ4v) is 2.34. The topological polar surface area (TPSA) is 72.2 Å². The molecule has 0 fully saturated rings. The zero-order valence-corrected chi connectivity index (χ0v) is 17.0. The van der Waals surface area contributed by atoms with Gasteiger partial charge < -0.3 is 5.32 Å². The van der Waals surface area contributed by atoms with Crippen LogP contribution in [0.3, 0.4) is 0 Å². The third-order valence-electron chi connectivity index (χ3n) is 4.63. The van der Waals surface area contributed by atoms with Crippen molar-refractivity contribution in [3.63, 3.8) is 0 Å². The van der Waals surface area contributed by atoms with Crippen LogP contribution in [-0.2, 0) is 4.79 Å². The van der Waals surface area contributed by atoms with E-state index in [1.54, 1.807) is 0 Å². The van der Waals surface area contributed by atoms with Crippen molar-refractivity contribution in [3.05, 3.63) is 33.9 Å². The third-order valence-corrected chi connectivity index (χ3v) is 4.63. The number of anilines is 1. The highest BCUT2D eigenvalue weighted by Gasteiger charge is 2.94. The SMILES string of the molecule is Cc1ccc([N+](=O)[O-])cc1NC(=O)C(F)(F)C(F)(F)C(F)(F)C(F)(F)C(F)(F)C(F)(F)C(F)(F)C(F)F. The number of nitrogens with one attached hydrogen (secondary N) is 1. The molecule has 0 unspecified atom stereocenters. The van der Waals surface area contributed by atoms with Crippen LogP contribution in [0.4, 0.5) is 81.6 Å². The normalized spacial score (nSPS) is 14.6. The summed E-state index contributed by atoms with van der Waals surface area (Å²) in [6.45, 7) is 0.838. The smallest absolute Gasteiger partial charge is 0.320 e. The molecule has 212 valence electrons. The molecule has 0 bridgehead atoms. The Bertz CT molecular complexity index is 1060. The molecular weight excluding hydrogens is 572 g/mol. The molecule has 1 aromatic rings.